The van der Waals surface area contributed by atoms with Gasteiger partial charge in [-0.2, -0.15) is 16.4 Å². The largest absolute Gasteiger partial charge is 0.476 e. The molecule has 0 fully saturated rings. The van der Waals surface area contributed by atoms with Gasteiger partial charge in [-0.05, 0) is 72.0 Å². The minimum absolute atomic E-state index is 0.0629. The fraction of sp³-hybridized carbons (Fsp3) is 0.0294. The predicted octanol–water partition coefficient (Wildman–Crippen LogP) is 8.51. The Bertz CT molecular complexity index is 2470. The fourth-order valence-electron chi connectivity index (χ4n) is 5.62. The number of aromatic nitrogens is 3. The summed E-state index contributed by atoms with van der Waals surface area (Å²) >= 11 is 1.22. The SMILES string of the molecule is [C-]#[N+]c1sccc1-c1c(-c2cccc(-c3ccc4c(C(=O)O)n[nH]c4c3)c2)n(S(=O)(=O)c2ccc(C)cc2)c2ccc(F)cc12. The van der Waals surface area contributed by atoms with Crippen LogP contribution in [0.3, 0.4) is 0 Å². The van der Waals surface area contributed by atoms with Gasteiger partial charge in [-0.3, -0.25) is 5.10 Å². The van der Waals surface area contributed by atoms with E-state index in [1.165, 1.54) is 33.5 Å². The van der Waals surface area contributed by atoms with Crippen molar-refractivity contribution in [3.05, 3.63) is 125 Å². The molecule has 11 heteroatoms. The highest BCUT2D eigenvalue weighted by Gasteiger charge is 2.30. The van der Waals surface area contributed by atoms with Gasteiger partial charge < -0.3 is 5.11 Å². The molecule has 0 saturated carbocycles. The molecule has 0 aliphatic rings. The monoisotopic (exact) mass is 632 g/mol. The summed E-state index contributed by atoms with van der Waals surface area (Å²) in [4.78, 5) is 15.3. The fourth-order valence-corrected chi connectivity index (χ4v) is 7.85. The first-order valence-corrected chi connectivity index (χ1v) is 15.9. The van der Waals surface area contributed by atoms with E-state index in [-0.39, 0.29) is 21.8 Å². The van der Waals surface area contributed by atoms with Crippen molar-refractivity contribution in [3.8, 4) is 33.5 Å². The summed E-state index contributed by atoms with van der Waals surface area (Å²) in [5, 5.41) is 19.0. The van der Waals surface area contributed by atoms with Crippen LogP contribution in [0, 0.1) is 19.3 Å². The first-order chi connectivity index (χ1) is 21.7. The highest BCUT2D eigenvalue weighted by molar-refractivity contribution is 7.90. The number of benzene rings is 4. The maximum Gasteiger partial charge on any atom is 0.357 e. The third kappa shape index (κ3) is 4.59. The van der Waals surface area contributed by atoms with Crippen LogP contribution in [0.2, 0.25) is 0 Å². The molecule has 45 heavy (non-hydrogen) atoms. The number of carbonyl (C=O) groups is 1. The van der Waals surface area contributed by atoms with E-state index in [4.69, 9.17) is 6.57 Å². The number of halogens is 1. The first-order valence-electron chi connectivity index (χ1n) is 13.6. The summed E-state index contributed by atoms with van der Waals surface area (Å²) in [6.45, 7) is 9.66. The smallest absolute Gasteiger partial charge is 0.357 e. The number of rotatable bonds is 6. The Kier molecular flexibility index (Phi) is 6.62. The zero-order valence-corrected chi connectivity index (χ0v) is 25.1. The maximum absolute atomic E-state index is 14.9. The lowest BCUT2D eigenvalue weighted by atomic mass is 9.96. The summed E-state index contributed by atoms with van der Waals surface area (Å²) in [6.07, 6.45) is 0. The minimum atomic E-state index is -4.22. The van der Waals surface area contributed by atoms with Gasteiger partial charge in [0, 0.05) is 27.5 Å². The van der Waals surface area contributed by atoms with Crippen molar-refractivity contribution < 1.29 is 22.7 Å². The van der Waals surface area contributed by atoms with Gasteiger partial charge in [0.05, 0.1) is 28.2 Å². The quantitative estimate of drug-likeness (QED) is 0.179. The second kappa shape index (κ2) is 10.6. The molecule has 7 aromatic rings. The van der Waals surface area contributed by atoms with E-state index in [0.29, 0.717) is 38.0 Å². The van der Waals surface area contributed by atoms with Crippen molar-refractivity contribution in [2.45, 2.75) is 11.8 Å². The van der Waals surface area contributed by atoms with E-state index in [2.05, 4.69) is 15.0 Å². The number of nitrogens with one attached hydrogen (secondary N) is 1. The summed E-state index contributed by atoms with van der Waals surface area (Å²) < 4.78 is 45.1. The van der Waals surface area contributed by atoms with Gasteiger partial charge in [0.1, 0.15) is 5.82 Å². The summed E-state index contributed by atoms with van der Waals surface area (Å²) in [7, 11) is -4.22. The number of carboxylic acids is 1. The molecule has 0 amide bonds. The molecule has 4 aromatic carbocycles. The van der Waals surface area contributed by atoms with Crippen LogP contribution in [-0.2, 0) is 10.0 Å². The van der Waals surface area contributed by atoms with Crippen molar-refractivity contribution in [1.29, 1.82) is 0 Å². The molecule has 0 bridgehead atoms. The molecule has 0 saturated heterocycles. The Balaban J connectivity index is 1.54. The number of aryl methyl sites for hydroxylation is 1. The number of carboxylic acid groups (broad SMARTS) is 1. The lowest BCUT2D eigenvalue weighted by Crippen LogP contribution is -2.14. The van der Waals surface area contributed by atoms with Crippen molar-refractivity contribution in [2.24, 2.45) is 0 Å². The lowest BCUT2D eigenvalue weighted by molar-refractivity contribution is 0.0692. The van der Waals surface area contributed by atoms with Gasteiger partial charge in [-0.1, -0.05) is 48.0 Å². The molecule has 0 unspecified atom stereocenters. The average Bonchev–Trinajstić information content (AvgIpc) is 3.76. The van der Waals surface area contributed by atoms with Gasteiger partial charge in [0.25, 0.3) is 10.0 Å². The third-order valence-electron chi connectivity index (χ3n) is 7.70. The van der Waals surface area contributed by atoms with Gasteiger partial charge in [-0.25, -0.2) is 26.4 Å². The van der Waals surface area contributed by atoms with Crippen LogP contribution in [-0.4, -0.2) is 33.7 Å². The highest BCUT2D eigenvalue weighted by atomic mass is 32.2. The van der Waals surface area contributed by atoms with Gasteiger partial charge >= 0.3 is 5.97 Å². The van der Waals surface area contributed by atoms with Crippen molar-refractivity contribution in [1.82, 2.24) is 14.2 Å². The summed E-state index contributed by atoms with van der Waals surface area (Å²) in [5.41, 5.74) is 4.81. The molecule has 0 spiro atoms. The average molecular weight is 633 g/mol. The molecule has 0 atom stereocenters. The van der Waals surface area contributed by atoms with Crippen molar-refractivity contribution >= 4 is 54.1 Å². The molecule has 7 rings (SSSR count). The van der Waals surface area contributed by atoms with Crippen molar-refractivity contribution in [3.63, 3.8) is 0 Å². The molecule has 220 valence electrons. The second-order valence-electron chi connectivity index (χ2n) is 10.4. The number of hydrogen-bond donors (Lipinski definition) is 2. The Morgan fingerprint density at radius 3 is 2.47 bits per heavy atom. The zero-order chi connectivity index (χ0) is 31.5. The molecule has 0 aliphatic carbocycles. The molecule has 2 N–H and O–H groups in total. The second-order valence-corrected chi connectivity index (χ2v) is 13.1. The molecule has 8 nitrogen and oxygen atoms in total. The molecular weight excluding hydrogens is 612 g/mol. The summed E-state index contributed by atoms with van der Waals surface area (Å²) in [6, 6.07) is 24.7. The van der Waals surface area contributed by atoms with Gasteiger partial charge in [0.2, 0.25) is 5.00 Å². The number of fused-ring (bicyclic) bond motifs is 2. The zero-order valence-electron chi connectivity index (χ0n) is 23.4. The maximum atomic E-state index is 14.9. The standard InChI is InChI=1S/C34H21FN4O4S2/c1-19-6-10-24(11-7-19)45(42,43)39-29-13-9-23(35)18-27(29)30(26-14-15-44-33(26)36-2)32(39)22-5-3-4-20(16-22)21-8-12-25-28(17-21)37-38-31(25)34(40)41/h3-18H,1H3,(H,37,38)(H,40,41). The van der Waals surface area contributed by atoms with Crippen LogP contribution >= 0.6 is 11.3 Å². The Morgan fingerprint density at radius 2 is 1.71 bits per heavy atom. The van der Waals surface area contributed by atoms with Crippen LogP contribution in [0.4, 0.5) is 9.39 Å². The normalized spacial score (nSPS) is 11.7. The lowest BCUT2D eigenvalue weighted by Gasteiger charge is -2.15. The van der Waals surface area contributed by atoms with Gasteiger partial charge in [-0.15, -0.1) is 0 Å². The molecule has 0 aliphatic heterocycles. The van der Waals surface area contributed by atoms with Crippen LogP contribution < -0.4 is 0 Å². The van der Waals surface area contributed by atoms with Crippen LogP contribution in [0.25, 0.3) is 60.2 Å². The van der Waals surface area contributed by atoms with E-state index in [1.54, 1.807) is 66.0 Å². The Labute approximate surface area is 260 Å². The third-order valence-corrected chi connectivity index (χ3v) is 10.2. The van der Waals surface area contributed by atoms with E-state index in [9.17, 15) is 22.7 Å². The number of aromatic amines is 1. The Morgan fingerprint density at radius 1 is 0.956 bits per heavy atom. The van der Waals surface area contributed by atoms with E-state index >= 15 is 0 Å². The number of thiophene rings is 1. The van der Waals surface area contributed by atoms with Crippen LogP contribution in [0.1, 0.15) is 16.1 Å². The van der Waals surface area contributed by atoms with Gasteiger partial charge in [0.15, 0.2) is 5.69 Å². The molecular formula is C34H21FN4O4S2. The number of nitrogens with zero attached hydrogens (tertiary/aromatic N) is 3. The molecule has 0 radical (unpaired) electrons. The molecule has 3 heterocycles. The topological polar surface area (TPSA) is 109 Å². The van der Waals surface area contributed by atoms with E-state index < -0.39 is 21.8 Å². The first kappa shape index (κ1) is 28.2. The number of hydrogen-bond acceptors (Lipinski definition) is 5. The minimum Gasteiger partial charge on any atom is -0.476 e. The Hall–Kier alpha value is -5.57. The molecule has 3 aromatic heterocycles. The number of H-pyrrole nitrogens is 1. The van der Waals surface area contributed by atoms with Crippen LogP contribution in [0.5, 0.6) is 0 Å². The van der Waals surface area contributed by atoms with E-state index in [0.717, 1.165) is 16.7 Å². The number of aromatic carboxylic acids is 1. The van der Waals surface area contributed by atoms with Crippen LogP contribution in [0.15, 0.2) is 101 Å². The van der Waals surface area contributed by atoms with Crippen molar-refractivity contribution in [2.75, 3.05) is 0 Å². The predicted molar refractivity (Wildman–Crippen MR) is 173 cm³/mol. The summed E-state index contributed by atoms with van der Waals surface area (Å²) in [5.74, 6) is -1.68. The van der Waals surface area contributed by atoms with E-state index in [1.807, 2.05) is 19.1 Å². The highest BCUT2D eigenvalue weighted by Crippen LogP contribution is 2.48.